The molecule has 0 unspecified atom stereocenters. The molecular formula is C19H24N2O4. The predicted octanol–water partition coefficient (Wildman–Crippen LogP) is 1.50. The third-order valence-electron chi connectivity index (χ3n) is 3.53. The maximum atomic E-state index is 11.0. The van der Waals surface area contributed by atoms with Gasteiger partial charge in [-0.2, -0.15) is 0 Å². The summed E-state index contributed by atoms with van der Waals surface area (Å²) >= 11 is 0. The Kier molecular flexibility index (Phi) is 7.25. The van der Waals surface area contributed by atoms with Gasteiger partial charge in [0, 0.05) is 18.7 Å². The van der Waals surface area contributed by atoms with Crippen molar-refractivity contribution in [3.8, 4) is 11.5 Å². The molecule has 2 rings (SSSR count). The van der Waals surface area contributed by atoms with Crippen LogP contribution in [-0.4, -0.2) is 43.4 Å². The van der Waals surface area contributed by atoms with Crippen molar-refractivity contribution >= 4 is 5.91 Å². The van der Waals surface area contributed by atoms with Crippen molar-refractivity contribution in [2.45, 2.75) is 13.0 Å². The summed E-state index contributed by atoms with van der Waals surface area (Å²) in [5.41, 5.74) is 6.79. The van der Waals surface area contributed by atoms with Crippen molar-refractivity contribution in [3.63, 3.8) is 0 Å². The Morgan fingerprint density at radius 3 is 2.32 bits per heavy atom. The van der Waals surface area contributed by atoms with Gasteiger partial charge in [0.05, 0.1) is 0 Å². The van der Waals surface area contributed by atoms with Crippen LogP contribution >= 0.6 is 0 Å². The standard InChI is InChI=1S/C19H24N2O4/c1-14-2-6-18(7-3-14)25-13-16(22)12-21-10-11-24-17-8-4-15(5-9-17)19(20)23/h2-9,16,21-22H,10-13H2,1H3,(H2,20,23)/t16-/m1/s1. The second-order valence-electron chi connectivity index (χ2n) is 5.72. The first-order chi connectivity index (χ1) is 12.0. The second-order valence-corrected chi connectivity index (χ2v) is 5.72. The molecular weight excluding hydrogens is 320 g/mol. The molecule has 0 aromatic heterocycles. The predicted molar refractivity (Wildman–Crippen MR) is 96.0 cm³/mol. The van der Waals surface area contributed by atoms with E-state index in [2.05, 4.69) is 5.32 Å². The largest absolute Gasteiger partial charge is 0.492 e. The van der Waals surface area contributed by atoms with E-state index < -0.39 is 12.0 Å². The van der Waals surface area contributed by atoms with Crippen molar-refractivity contribution in [2.24, 2.45) is 5.73 Å². The van der Waals surface area contributed by atoms with Gasteiger partial charge in [0.2, 0.25) is 5.91 Å². The van der Waals surface area contributed by atoms with Crippen LogP contribution in [0.2, 0.25) is 0 Å². The van der Waals surface area contributed by atoms with Crippen LogP contribution < -0.4 is 20.5 Å². The van der Waals surface area contributed by atoms with Gasteiger partial charge < -0.3 is 25.6 Å². The van der Waals surface area contributed by atoms with Gasteiger partial charge in [-0.3, -0.25) is 4.79 Å². The Balaban J connectivity index is 1.57. The topological polar surface area (TPSA) is 93.8 Å². The summed E-state index contributed by atoms with van der Waals surface area (Å²) in [6.45, 7) is 3.68. The molecule has 25 heavy (non-hydrogen) atoms. The number of carbonyl (C=O) groups is 1. The number of amides is 1. The Hall–Kier alpha value is -2.57. The van der Waals surface area contributed by atoms with Crippen molar-refractivity contribution in [1.29, 1.82) is 0 Å². The number of hydrogen-bond donors (Lipinski definition) is 3. The fraction of sp³-hybridized carbons (Fsp3) is 0.316. The summed E-state index contributed by atoms with van der Waals surface area (Å²) in [4.78, 5) is 11.0. The number of aliphatic hydroxyl groups is 1. The Morgan fingerprint density at radius 1 is 1.08 bits per heavy atom. The number of primary amides is 1. The lowest BCUT2D eigenvalue weighted by atomic mass is 10.2. The van der Waals surface area contributed by atoms with E-state index in [0.29, 0.717) is 31.0 Å². The van der Waals surface area contributed by atoms with Gasteiger partial charge in [-0.1, -0.05) is 17.7 Å². The molecule has 6 nitrogen and oxygen atoms in total. The summed E-state index contributed by atoms with van der Waals surface area (Å²) in [6.07, 6.45) is -0.601. The van der Waals surface area contributed by atoms with Gasteiger partial charge in [-0.25, -0.2) is 0 Å². The lowest BCUT2D eigenvalue weighted by Crippen LogP contribution is -2.33. The highest BCUT2D eigenvalue weighted by atomic mass is 16.5. The molecule has 0 saturated heterocycles. The van der Waals surface area contributed by atoms with E-state index in [-0.39, 0.29) is 6.61 Å². The van der Waals surface area contributed by atoms with Crippen molar-refractivity contribution in [1.82, 2.24) is 5.32 Å². The third kappa shape index (κ3) is 6.82. The van der Waals surface area contributed by atoms with Gasteiger partial charge in [-0.15, -0.1) is 0 Å². The van der Waals surface area contributed by atoms with Gasteiger partial charge >= 0.3 is 0 Å². The zero-order chi connectivity index (χ0) is 18.1. The summed E-state index contributed by atoms with van der Waals surface area (Å²) in [7, 11) is 0. The molecule has 1 amide bonds. The highest BCUT2D eigenvalue weighted by molar-refractivity contribution is 5.92. The highest BCUT2D eigenvalue weighted by Gasteiger charge is 2.05. The van der Waals surface area contributed by atoms with Crippen molar-refractivity contribution in [2.75, 3.05) is 26.3 Å². The summed E-state index contributed by atoms with van der Waals surface area (Å²) in [5.74, 6) is 0.942. The molecule has 0 fully saturated rings. The Labute approximate surface area is 147 Å². The first-order valence-corrected chi connectivity index (χ1v) is 8.15. The van der Waals surface area contributed by atoms with Gasteiger partial charge in [-0.05, 0) is 43.3 Å². The van der Waals surface area contributed by atoms with E-state index in [9.17, 15) is 9.90 Å². The summed E-state index contributed by atoms with van der Waals surface area (Å²) in [5, 5.41) is 13.0. The minimum absolute atomic E-state index is 0.228. The lowest BCUT2D eigenvalue weighted by molar-refractivity contribution is 0.1000. The number of benzene rings is 2. The Bertz CT molecular complexity index is 656. The molecule has 0 spiro atoms. The number of carbonyl (C=O) groups excluding carboxylic acids is 1. The molecule has 0 aliphatic rings. The molecule has 0 heterocycles. The van der Waals surface area contributed by atoms with E-state index in [1.54, 1.807) is 24.3 Å². The molecule has 0 radical (unpaired) electrons. The number of aliphatic hydroxyl groups excluding tert-OH is 1. The molecule has 0 aliphatic carbocycles. The normalized spacial score (nSPS) is 11.8. The minimum atomic E-state index is -0.601. The van der Waals surface area contributed by atoms with Crippen LogP contribution in [-0.2, 0) is 0 Å². The molecule has 2 aromatic carbocycles. The van der Waals surface area contributed by atoms with Crippen LogP contribution in [0.5, 0.6) is 11.5 Å². The molecule has 0 saturated carbocycles. The Morgan fingerprint density at radius 2 is 1.68 bits per heavy atom. The van der Waals surface area contributed by atoms with Gasteiger partial charge in [0.25, 0.3) is 0 Å². The second kappa shape index (κ2) is 9.66. The number of hydrogen-bond acceptors (Lipinski definition) is 5. The lowest BCUT2D eigenvalue weighted by Gasteiger charge is -2.14. The zero-order valence-corrected chi connectivity index (χ0v) is 14.3. The van der Waals surface area contributed by atoms with E-state index >= 15 is 0 Å². The SMILES string of the molecule is Cc1ccc(OC[C@H](O)CNCCOc2ccc(C(N)=O)cc2)cc1. The van der Waals surface area contributed by atoms with Crippen LogP contribution in [0.3, 0.4) is 0 Å². The highest BCUT2D eigenvalue weighted by Crippen LogP contribution is 2.12. The fourth-order valence-corrected chi connectivity index (χ4v) is 2.11. The number of aryl methyl sites for hydroxylation is 1. The number of nitrogens with one attached hydrogen (secondary N) is 1. The zero-order valence-electron chi connectivity index (χ0n) is 14.3. The molecule has 0 bridgehead atoms. The van der Waals surface area contributed by atoms with E-state index in [1.807, 2.05) is 31.2 Å². The summed E-state index contributed by atoms with van der Waals surface area (Å²) < 4.78 is 11.1. The number of nitrogens with two attached hydrogens (primary N) is 1. The maximum absolute atomic E-state index is 11.0. The fourth-order valence-electron chi connectivity index (χ4n) is 2.11. The quantitative estimate of drug-likeness (QED) is 0.568. The van der Waals surface area contributed by atoms with Crippen LogP contribution in [0.15, 0.2) is 48.5 Å². The van der Waals surface area contributed by atoms with E-state index in [1.165, 1.54) is 5.56 Å². The minimum Gasteiger partial charge on any atom is -0.492 e. The molecule has 6 heteroatoms. The first-order valence-electron chi connectivity index (χ1n) is 8.15. The monoisotopic (exact) mass is 344 g/mol. The van der Waals surface area contributed by atoms with Gasteiger partial charge in [0.1, 0.15) is 30.8 Å². The van der Waals surface area contributed by atoms with Crippen LogP contribution in [0, 0.1) is 6.92 Å². The van der Waals surface area contributed by atoms with Crippen LogP contribution in [0.1, 0.15) is 15.9 Å². The van der Waals surface area contributed by atoms with Crippen LogP contribution in [0.4, 0.5) is 0 Å². The third-order valence-corrected chi connectivity index (χ3v) is 3.53. The number of rotatable bonds is 10. The van der Waals surface area contributed by atoms with Crippen molar-refractivity contribution < 1.29 is 19.4 Å². The average molecular weight is 344 g/mol. The molecule has 1 atom stereocenters. The molecule has 4 N–H and O–H groups in total. The molecule has 2 aromatic rings. The smallest absolute Gasteiger partial charge is 0.248 e. The van der Waals surface area contributed by atoms with Crippen molar-refractivity contribution in [3.05, 3.63) is 59.7 Å². The molecule has 0 aliphatic heterocycles. The average Bonchev–Trinajstić information content (AvgIpc) is 2.61. The number of ether oxygens (including phenoxy) is 2. The summed E-state index contributed by atoms with van der Waals surface area (Å²) in [6, 6.07) is 14.3. The van der Waals surface area contributed by atoms with E-state index in [4.69, 9.17) is 15.2 Å². The maximum Gasteiger partial charge on any atom is 0.248 e. The van der Waals surface area contributed by atoms with Gasteiger partial charge in [0.15, 0.2) is 0 Å². The first kappa shape index (κ1) is 18.8. The van der Waals surface area contributed by atoms with E-state index in [0.717, 1.165) is 5.75 Å². The molecule has 134 valence electrons. The van der Waals surface area contributed by atoms with Crippen LogP contribution in [0.25, 0.3) is 0 Å².